The van der Waals surface area contributed by atoms with Crippen molar-refractivity contribution in [3.63, 3.8) is 0 Å². The van der Waals surface area contributed by atoms with E-state index in [1.807, 2.05) is 26.0 Å². The molecule has 0 spiro atoms. The third-order valence-electron chi connectivity index (χ3n) is 7.36. The van der Waals surface area contributed by atoms with Crippen LogP contribution in [0.4, 0.5) is 13.2 Å². The molecule has 0 aliphatic carbocycles. The fourth-order valence-electron chi connectivity index (χ4n) is 5.03. The van der Waals surface area contributed by atoms with Crippen molar-refractivity contribution in [1.82, 2.24) is 10.2 Å². The number of carbonyl (C=O) groups is 4. The molecule has 248 valence electrons. The molecule has 1 fully saturated rings. The maximum Gasteiger partial charge on any atom is 0.416 e. The summed E-state index contributed by atoms with van der Waals surface area (Å²) in [5.41, 5.74) is 7.03. The number of alkyl halides is 3. The van der Waals surface area contributed by atoms with Crippen molar-refractivity contribution in [2.75, 3.05) is 17.3 Å². The number of nitrogens with zero attached hydrogens (tertiary/aromatic N) is 2. The Kier molecular flexibility index (Phi) is 11.6. The fraction of sp³-hybridized carbons (Fsp3) is 0.414. The Morgan fingerprint density at radius 1 is 1.17 bits per heavy atom. The number of benzene rings is 1. The van der Waals surface area contributed by atoms with Crippen LogP contribution in [0.25, 0.3) is 0 Å². The Labute approximate surface area is 280 Å². The molecular formula is C29H31ClF3N4O6S3+. The second kappa shape index (κ2) is 14.9. The van der Waals surface area contributed by atoms with Crippen LogP contribution >= 0.6 is 46.9 Å². The lowest BCUT2D eigenvalue weighted by Crippen LogP contribution is -2.70. The van der Waals surface area contributed by atoms with Gasteiger partial charge in [-0.05, 0) is 30.2 Å². The van der Waals surface area contributed by atoms with Gasteiger partial charge in [0, 0.05) is 53.7 Å². The summed E-state index contributed by atoms with van der Waals surface area (Å²) in [5, 5.41) is 21.0. The van der Waals surface area contributed by atoms with E-state index in [-0.39, 0.29) is 21.4 Å². The van der Waals surface area contributed by atoms with Gasteiger partial charge in [-0.2, -0.15) is 13.2 Å². The molecule has 0 unspecified atom stereocenters. The molecule has 0 saturated carbocycles. The van der Waals surface area contributed by atoms with Crippen molar-refractivity contribution in [1.29, 1.82) is 0 Å². The van der Waals surface area contributed by atoms with Crippen LogP contribution in [0.15, 0.2) is 51.4 Å². The summed E-state index contributed by atoms with van der Waals surface area (Å²) >= 11 is 9.56. The van der Waals surface area contributed by atoms with Gasteiger partial charge in [-0.25, -0.2) is 9.36 Å². The summed E-state index contributed by atoms with van der Waals surface area (Å²) in [4.78, 5) is 51.0. The first kappa shape index (κ1) is 35.9. The van der Waals surface area contributed by atoms with Crippen molar-refractivity contribution in [2.24, 2.45) is 5.73 Å². The maximum atomic E-state index is 13.1. The summed E-state index contributed by atoms with van der Waals surface area (Å²) in [6.45, 7) is 4.45. The van der Waals surface area contributed by atoms with E-state index >= 15 is 0 Å². The van der Waals surface area contributed by atoms with Gasteiger partial charge in [0.2, 0.25) is 5.91 Å². The minimum absolute atomic E-state index is 0.0550. The van der Waals surface area contributed by atoms with E-state index in [1.165, 1.54) is 28.4 Å². The number of nitrogens with one attached hydrogen (secondary N) is 1. The number of carboxylic acids is 2. The zero-order valence-corrected chi connectivity index (χ0v) is 27.8. The van der Waals surface area contributed by atoms with Gasteiger partial charge in [0.05, 0.1) is 16.3 Å². The Hall–Kier alpha value is -2.92. The van der Waals surface area contributed by atoms with Crippen LogP contribution in [0.5, 0.6) is 0 Å². The molecular weight excluding hydrogens is 689 g/mol. The number of thioether (sulfide) groups is 3. The molecule has 1 saturated heterocycles. The number of aryl methyl sites for hydroxylation is 2. The van der Waals surface area contributed by atoms with E-state index in [0.29, 0.717) is 36.5 Å². The molecule has 2 aliphatic rings. The topological polar surface area (TPSA) is 154 Å². The van der Waals surface area contributed by atoms with Gasteiger partial charge in [0.25, 0.3) is 5.91 Å². The summed E-state index contributed by atoms with van der Waals surface area (Å²) in [6.07, 6.45) is -3.64. The second-order valence-electron chi connectivity index (χ2n) is 10.6. The number of aliphatic carboxylic acids is 2. The van der Waals surface area contributed by atoms with Crippen LogP contribution in [0.1, 0.15) is 29.8 Å². The SMILES string of the molecule is Cc1cc(SCC2=C(C(=O)O)N3C(=O)[C@@H](NC(=O)CSc4cc(C(F)(F)F)ccc4Cl)[C@H]3SC2)cc(C)[n+]1CCC[C@H](N)C(=O)O. The van der Waals surface area contributed by atoms with Gasteiger partial charge in [0.15, 0.2) is 11.4 Å². The fourth-order valence-corrected chi connectivity index (χ4v) is 8.66. The van der Waals surface area contributed by atoms with Crippen LogP contribution < -0.4 is 15.6 Å². The monoisotopic (exact) mass is 719 g/mol. The molecule has 3 heterocycles. The zero-order chi connectivity index (χ0) is 33.9. The minimum Gasteiger partial charge on any atom is -0.480 e. The molecule has 10 nitrogen and oxygen atoms in total. The minimum atomic E-state index is -4.57. The van der Waals surface area contributed by atoms with E-state index in [2.05, 4.69) is 9.88 Å². The highest BCUT2D eigenvalue weighted by molar-refractivity contribution is 8.01. The van der Waals surface area contributed by atoms with Gasteiger partial charge in [-0.1, -0.05) is 11.6 Å². The second-order valence-corrected chi connectivity index (χ2v) is 14.2. The molecule has 3 atom stereocenters. The molecule has 46 heavy (non-hydrogen) atoms. The van der Waals surface area contributed by atoms with Crippen molar-refractivity contribution >= 4 is 70.6 Å². The number of amides is 2. The summed E-state index contributed by atoms with van der Waals surface area (Å²) in [6, 6.07) is 4.83. The number of pyridine rings is 1. The number of rotatable bonds is 13. The molecule has 0 radical (unpaired) electrons. The molecule has 2 amide bonds. The third-order valence-corrected chi connectivity index (χ3v) is 11.3. The van der Waals surface area contributed by atoms with Crippen LogP contribution in [-0.2, 0) is 31.9 Å². The number of fused-ring (bicyclic) bond motifs is 1. The van der Waals surface area contributed by atoms with E-state index in [0.717, 1.165) is 46.2 Å². The summed E-state index contributed by atoms with van der Waals surface area (Å²) in [5.74, 6) is -3.14. The molecule has 4 rings (SSSR count). The third kappa shape index (κ3) is 8.32. The number of carboxylic acid groups (broad SMARTS) is 2. The van der Waals surface area contributed by atoms with Gasteiger partial charge in [-0.15, -0.1) is 35.3 Å². The number of hydrogen-bond acceptors (Lipinski definition) is 8. The van der Waals surface area contributed by atoms with Crippen LogP contribution in [0.3, 0.4) is 0 Å². The van der Waals surface area contributed by atoms with Gasteiger partial charge in [0.1, 0.15) is 29.7 Å². The number of hydrogen-bond donors (Lipinski definition) is 4. The smallest absolute Gasteiger partial charge is 0.416 e. The number of aromatic nitrogens is 1. The predicted octanol–water partition coefficient (Wildman–Crippen LogP) is 4.08. The Bertz CT molecular complexity index is 1570. The first-order chi connectivity index (χ1) is 21.6. The standard InChI is InChI=1S/C29H30ClF3N4O6S3/c1-14-8-18(9-15(2)36(14)7-3-4-20(34)27(40)41)44-11-16-12-46-26-23(25(39)37(26)24(16)28(42)43)35-22(38)13-45-21-10-17(29(31,32)33)5-6-19(21)30/h5-6,8-10,20,23,26H,3-4,7,11-13,34H2,1-2H3,(H2-,35,38,40,41,42,43)/p+1/t20-,23+,26+/m0/s1. The lowest BCUT2D eigenvalue weighted by Gasteiger charge is -2.49. The van der Waals surface area contributed by atoms with E-state index < -0.39 is 53.0 Å². The van der Waals surface area contributed by atoms with E-state index in [9.17, 15) is 37.5 Å². The molecule has 0 bridgehead atoms. The van der Waals surface area contributed by atoms with Crippen molar-refractivity contribution in [2.45, 2.75) is 66.7 Å². The van der Waals surface area contributed by atoms with E-state index in [4.69, 9.17) is 22.4 Å². The Balaban J connectivity index is 1.36. The first-order valence-corrected chi connectivity index (χ1v) is 17.3. The first-order valence-electron chi connectivity index (χ1n) is 13.9. The number of nitrogens with two attached hydrogens (primary N) is 1. The number of carbonyl (C=O) groups excluding carboxylic acids is 2. The van der Waals surface area contributed by atoms with Crippen molar-refractivity contribution < 1.29 is 47.1 Å². The quantitative estimate of drug-likeness (QED) is 0.135. The number of β-lactam (4-membered cyclic amide) rings is 1. The predicted molar refractivity (Wildman–Crippen MR) is 169 cm³/mol. The van der Waals surface area contributed by atoms with Gasteiger partial charge < -0.3 is 21.3 Å². The maximum absolute atomic E-state index is 13.1. The highest BCUT2D eigenvalue weighted by Gasteiger charge is 2.54. The largest absolute Gasteiger partial charge is 0.480 e. The molecule has 1 aromatic carbocycles. The molecule has 1 aromatic heterocycles. The summed E-state index contributed by atoms with van der Waals surface area (Å²) in [7, 11) is 0. The Morgan fingerprint density at radius 3 is 2.46 bits per heavy atom. The highest BCUT2D eigenvalue weighted by Crippen LogP contribution is 2.42. The van der Waals surface area contributed by atoms with Crippen LogP contribution in [-0.4, -0.2) is 73.6 Å². The molecule has 2 aromatic rings. The average molecular weight is 720 g/mol. The normalized spacial score (nSPS) is 18.6. The van der Waals surface area contributed by atoms with Gasteiger partial charge in [-0.3, -0.25) is 19.3 Å². The molecule has 17 heteroatoms. The van der Waals surface area contributed by atoms with Crippen molar-refractivity contribution in [3.8, 4) is 0 Å². The van der Waals surface area contributed by atoms with E-state index in [1.54, 1.807) is 0 Å². The lowest BCUT2D eigenvalue weighted by atomic mass is 10.0. The van der Waals surface area contributed by atoms with Gasteiger partial charge >= 0.3 is 18.1 Å². The summed E-state index contributed by atoms with van der Waals surface area (Å²) < 4.78 is 41.2. The van der Waals surface area contributed by atoms with Crippen LogP contribution in [0.2, 0.25) is 5.02 Å². The molecule has 2 aliphatic heterocycles. The Morgan fingerprint density at radius 2 is 1.85 bits per heavy atom. The van der Waals surface area contributed by atoms with Crippen LogP contribution in [0, 0.1) is 13.8 Å². The highest BCUT2D eigenvalue weighted by atomic mass is 35.5. The van der Waals surface area contributed by atoms with Crippen molar-refractivity contribution in [3.05, 3.63) is 63.6 Å². The average Bonchev–Trinajstić information content (AvgIpc) is 2.98. The zero-order valence-electron chi connectivity index (χ0n) is 24.6. The molecule has 5 N–H and O–H groups in total. The number of halogens is 4. The lowest BCUT2D eigenvalue weighted by molar-refractivity contribution is -0.709.